The Morgan fingerprint density at radius 1 is 0.680 bits per heavy atom. The molecule has 0 saturated carbocycles. The van der Waals surface area contributed by atoms with Crippen LogP contribution in [-0.4, -0.2) is 11.7 Å². The highest BCUT2D eigenvalue weighted by atomic mass is 19.2. The van der Waals surface area contributed by atoms with Crippen molar-refractivity contribution in [3.8, 4) is 5.75 Å². The van der Waals surface area contributed by atoms with Crippen LogP contribution >= 0.6 is 0 Å². The molecule has 0 spiro atoms. The highest BCUT2D eigenvalue weighted by Crippen LogP contribution is 2.30. The van der Waals surface area contributed by atoms with Crippen LogP contribution < -0.4 is 4.74 Å². The fourth-order valence-corrected chi connectivity index (χ4v) is 2.69. The predicted octanol–water partition coefficient (Wildman–Crippen LogP) is 6.04. The Bertz CT molecular complexity index is 492. The Hall–Kier alpha value is -1.30. The number of ether oxygens (including phenoxy) is 1. The standard InChI is InChI=1S/C19H28F4O2/c1-2-3-4-5-6-7-8-9-10-11-12-25-19-17(22)15(20)14(13-24)16(21)18(19)23/h24H,2-13H2,1H3. The molecule has 1 aromatic rings. The zero-order valence-corrected chi connectivity index (χ0v) is 14.9. The number of hydrogen-bond acceptors (Lipinski definition) is 2. The van der Waals surface area contributed by atoms with Crippen LogP contribution in [0.4, 0.5) is 17.6 Å². The van der Waals surface area contributed by atoms with Crippen molar-refractivity contribution in [1.82, 2.24) is 0 Å². The van der Waals surface area contributed by atoms with Gasteiger partial charge in [-0.1, -0.05) is 64.7 Å². The summed E-state index contributed by atoms with van der Waals surface area (Å²) in [6, 6.07) is 0. The van der Waals surface area contributed by atoms with Gasteiger partial charge >= 0.3 is 0 Å². The Labute approximate surface area is 147 Å². The lowest BCUT2D eigenvalue weighted by Gasteiger charge is -2.12. The van der Waals surface area contributed by atoms with Gasteiger partial charge in [0.15, 0.2) is 17.4 Å². The minimum atomic E-state index is -1.61. The van der Waals surface area contributed by atoms with Crippen molar-refractivity contribution in [2.45, 2.75) is 77.7 Å². The molecule has 0 atom stereocenters. The number of aliphatic hydroxyl groups excluding tert-OH is 1. The second kappa shape index (κ2) is 12.1. The van der Waals surface area contributed by atoms with E-state index in [1.165, 1.54) is 38.5 Å². The quantitative estimate of drug-likeness (QED) is 0.263. The summed E-state index contributed by atoms with van der Waals surface area (Å²) in [7, 11) is 0. The first-order chi connectivity index (χ1) is 12.0. The van der Waals surface area contributed by atoms with Crippen molar-refractivity contribution < 1.29 is 27.4 Å². The molecule has 0 aromatic heterocycles. The van der Waals surface area contributed by atoms with Gasteiger partial charge in [0.2, 0.25) is 11.6 Å². The zero-order valence-electron chi connectivity index (χ0n) is 14.9. The minimum Gasteiger partial charge on any atom is -0.487 e. The maximum absolute atomic E-state index is 13.7. The number of halogens is 4. The Kier molecular flexibility index (Phi) is 10.5. The molecule has 0 bridgehead atoms. The van der Waals surface area contributed by atoms with Crippen LogP contribution in [0, 0.1) is 23.3 Å². The van der Waals surface area contributed by atoms with Crippen LogP contribution in [0.25, 0.3) is 0 Å². The second-order valence-electron chi connectivity index (χ2n) is 6.25. The van der Waals surface area contributed by atoms with Gasteiger partial charge in [-0.3, -0.25) is 0 Å². The molecule has 0 aliphatic carbocycles. The fourth-order valence-electron chi connectivity index (χ4n) is 2.69. The molecule has 0 saturated heterocycles. The summed E-state index contributed by atoms with van der Waals surface area (Å²) in [5.41, 5.74) is -1.03. The first kappa shape index (κ1) is 21.7. The van der Waals surface area contributed by atoms with Gasteiger partial charge in [-0.2, -0.15) is 8.78 Å². The van der Waals surface area contributed by atoms with Gasteiger partial charge in [-0.15, -0.1) is 0 Å². The van der Waals surface area contributed by atoms with Crippen molar-refractivity contribution >= 4 is 0 Å². The predicted molar refractivity (Wildman–Crippen MR) is 89.5 cm³/mol. The van der Waals surface area contributed by atoms with E-state index in [0.29, 0.717) is 6.42 Å². The molecule has 144 valence electrons. The monoisotopic (exact) mass is 364 g/mol. The van der Waals surface area contributed by atoms with Crippen LogP contribution in [0.15, 0.2) is 0 Å². The van der Waals surface area contributed by atoms with Gasteiger partial charge in [0.25, 0.3) is 0 Å². The van der Waals surface area contributed by atoms with Gasteiger partial charge in [-0.25, -0.2) is 8.78 Å². The van der Waals surface area contributed by atoms with Gasteiger partial charge in [0, 0.05) is 0 Å². The summed E-state index contributed by atoms with van der Waals surface area (Å²) in [5.74, 6) is -7.48. The molecule has 0 radical (unpaired) electrons. The zero-order chi connectivity index (χ0) is 18.7. The number of hydrogen-bond donors (Lipinski definition) is 1. The first-order valence-electron chi connectivity index (χ1n) is 9.13. The largest absolute Gasteiger partial charge is 0.487 e. The van der Waals surface area contributed by atoms with E-state index in [0.717, 1.165) is 19.3 Å². The van der Waals surface area contributed by atoms with Gasteiger partial charge < -0.3 is 9.84 Å². The van der Waals surface area contributed by atoms with Crippen molar-refractivity contribution in [2.24, 2.45) is 0 Å². The molecule has 1 N–H and O–H groups in total. The topological polar surface area (TPSA) is 29.5 Å². The van der Waals surface area contributed by atoms with Crippen LogP contribution in [0.3, 0.4) is 0 Å². The summed E-state index contributed by atoms with van der Waals surface area (Å²) in [4.78, 5) is 0. The Balaban J connectivity index is 2.27. The Morgan fingerprint density at radius 3 is 1.56 bits per heavy atom. The van der Waals surface area contributed by atoms with Crippen molar-refractivity contribution in [1.29, 1.82) is 0 Å². The SMILES string of the molecule is CCCCCCCCCCCCOc1c(F)c(F)c(CO)c(F)c1F. The lowest BCUT2D eigenvalue weighted by Crippen LogP contribution is -2.09. The molecule has 0 fully saturated rings. The van der Waals surface area contributed by atoms with E-state index in [-0.39, 0.29) is 6.61 Å². The summed E-state index contributed by atoms with van der Waals surface area (Å²) in [6.45, 7) is 1.05. The van der Waals surface area contributed by atoms with Crippen molar-refractivity contribution in [3.63, 3.8) is 0 Å². The van der Waals surface area contributed by atoms with E-state index >= 15 is 0 Å². The molecule has 0 unspecified atom stereocenters. The van der Waals surface area contributed by atoms with Crippen LogP contribution in [0.5, 0.6) is 5.75 Å². The molecule has 1 aromatic carbocycles. The summed E-state index contributed by atoms with van der Waals surface area (Å²) < 4.78 is 59.3. The van der Waals surface area contributed by atoms with Gasteiger partial charge in [0.05, 0.1) is 18.8 Å². The molecule has 2 nitrogen and oxygen atoms in total. The lowest BCUT2D eigenvalue weighted by molar-refractivity contribution is 0.243. The average Bonchev–Trinajstić information content (AvgIpc) is 2.61. The Morgan fingerprint density at radius 2 is 1.12 bits per heavy atom. The molecule has 25 heavy (non-hydrogen) atoms. The van der Waals surface area contributed by atoms with E-state index in [4.69, 9.17) is 9.84 Å². The molecular formula is C19H28F4O2. The van der Waals surface area contributed by atoms with E-state index in [9.17, 15) is 17.6 Å². The lowest BCUT2D eigenvalue weighted by atomic mass is 10.1. The fraction of sp³-hybridized carbons (Fsp3) is 0.684. The molecule has 0 amide bonds. The molecule has 0 heterocycles. The summed E-state index contributed by atoms with van der Waals surface area (Å²) in [5, 5.41) is 8.76. The number of unbranched alkanes of at least 4 members (excludes halogenated alkanes) is 9. The summed E-state index contributed by atoms with van der Waals surface area (Å²) in [6.07, 6.45) is 10.9. The third-order valence-electron chi connectivity index (χ3n) is 4.22. The third-order valence-corrected chi connectivity index (χ3v) is 4.22. The summed E-state index contributed by atoms with van der Waals surface area (Å²) >= 11 is 0. The van der Waals surface area contributed by atoms with E-state index in [2.05, 4.69) is 6.92 Å². The van der Waals surface area contributed by atoms with Crippen LogP contribution in [0.2, 0.25) is 0 Å². The molecule has 1 rings (SSSR count). The van der Waals surface area contributed by atoms with Crippen molar-refractivity contribution in [2.75, 3.05) is 6.61 Å². The van der Waals surface area contributed by atoms with Crippen LogP contribution in [-0.2, 0) is 6.61 Å². The highest BCUT2D eigenvalue weighted by molar-refractivity contribution is 5.34. The van der Waals surface area contributed by atoms with E-state index in [1.807, 2.05) is 0 Å². The van der Waals surface area contributed by atoms with Crippen LogP contribution in [0.1, 0.15) is 76.7 Å². The number of aliphatic hydroxyl groups is 1. The molecule has 6 heteroatoms. The molecule has 0 aliphatic rings. The van der Waals surface area contributed by atoms with Crippen molar-refractivity contribution in [3.05, 3.63) is 28.8 Å². The minimum absolute atomic E-state index is 0.0122. The molecular weight excluding hydrogens is 336 g/mol. The molecule has 0 aliphatic heterocycles. The van der Waals surface area contributed by atoms with E-state index < -0.39 is 41.2 Å². The average molecular weight is 364 g/mol. The third kappa shape index (κ3) is 6.84. The van der Waals surface area contributed by atoms with Gasteiger partial charge in [-0.05, 0) is 6.42 Å². The van der Waals surface area contributed by atoms with E-state index in [1.54, 1.807) is 0 Å². The maximum Gasteiger partial charge on any atom is 0.204 e. The normalized spacial score (nSPS) is 11.1. The second-order valence-corrected chi connectivity index (χ2v) is 6.25. The maximum atomic E-state index is 13.7. The van der Waals surface area contributed by atoms with Gasteiger partial charge in [0.1, 0.15) is 0 Å². The smallest absolute Gasteiger partial charge is 0.204 e. The highest BCUT2D eigenvalue weighted by Gasteiger charge is 2.26. The first-order valence-corrected chi connectivity index (χ1v) is 9.13. The number of rotatable bonds is 13. The number of benzene rings is 1.